The summed E-state index contributed by atoms with van der Waals surface area (Å²) in [4.78, 5) is 10.5. The number of halogens is 1. The second kappa shape index (κ2) is 6.96. The molecule has 1 aromatic carbocycles. The van der Waals surface area contributed by atoms with E-state index in [1.165, 1.54) is 10.6 Å². The molecule has 0 saturated carbocycles. The van der Waals surface area contributed by atoms with E-state index in [-0.39, 0.29) is 5.82 Å². The van der Waals surface area contributed by atoms with E-state index in [0.717, 1.165) is 5.56 Å². The molecule has 1 saturated heterocycles. The molecule has 0 bridgehead atoms. The molecule has 0 radical (unpaired) electrons. The number of aromatic nitrogens is 2. The maximum Gasteiger partial charge on any atom is 0.234 e. The molecule has 0 unspecified atom stereocenters. The van der Waals surface area contributed by atoms with E-state index in [2.05, 4.69) is 9.97 Å². The van der Waals surface area contributed by atoms with E-state index >= 15 is 0 Å². The second-order valence-corrected chi connectivity index (χ2v) is 8.12. The van der Waals surface area contributed by atoms with Crippen molar-refractivity contribution in [3.63, 3.8) is 0 Å². The Morgan fingerprint density at radius 1 is 1.12 bits per heavy atom. The lowest BCUT2D eigenvalue weighted by atomic mass is 10.1. The summed E-state index contributed by atoms with van der Waals surface area (Å²) in [5.74, 6) is 0.692. The number of benzene rings is 1. The Hall–Kier alpha value is -2.21. The van der Waals surface area contributed by atoms with Crippen LogP contribution in [-0.2, 0) is 10.0 Å². The van der Waals surface area contributed by atoms with Crippen LogP contribution in [0, 0.1) is 11.3 Å². The number of hydrogen-bond donors (Lipinski definition) is 0. The van der Waals surface area contributed by atoms with Crippen molar-refractivity contribution in [1.29, 1.82) is 5.26 Å². The first kappa shape index (κ1) is 17.6. The van der Waals surface area contributed by atoms with Gasteiger partial charge in [0.15, 0.2) is 0 Å². The minimum Gasteiger partial charge on any atom is -0.354 e. The van der Waals surface area contributed by atoms with Gasteiger partial charge >= 0.3 is 0 Å². The van der Waals surface area contributed by atoms with Crippen molar-refractivity contribution in [2.24, 2.45) is 0 Å². The molecule has 1 aliphatic rings. The van der Waals surface area contributed by atoms with Gasteiger partial charge in [-0.25, -0.2) is 18.4 Å². The van der Waals surface area contributed by atoms with Crippen molar-refractivity contribution in [3.05, 3.63) is 41.2 Å². The lowest BCUT2D eigenvalue weighted by molar-refractivity contribution is 0.387. The molecule has 0 aliphatic carbocycles. The number of piperazine rings is 1. The molecule has 0 spiro atoms. The molecule has 7 nitrogen and oxygen atoms in total. The highest BCUT2D eigenvalue weighted by Gasteiger charge is 2.24. The summed E-state index contributed by atoms with van der Waals surface area (Å²) in [6, 6.07) is 11.0. The fourth-order valence-corrected chi connectivity index (χ4v) is 3.62. The average Bonchev–Trinajstić information content (AvgIpc) is 2.61. The lowest BCUT2D eigenvalue weighted by Crippen LogP contribution is -2.48. The number of nitriles is 1. The molecule has 1 aromatic heterocycles. The Morgan fingerprint density at radius 3 is 2.32 bits per heavy atom. The number of sulfonamides is 1. The fraction of sp³-hybridized carbons (Fsp3) is 0.312. The van der Waals surface area contributed by atoms with Gasteiger partial charge in [-0.3, -0.25) is 0 Å². The van der Waals surface area contributed by atoms with Gasteiger partial charge in [-0.05, 0) is 12.1 Å². The van der Waals surface area contributed by atoms with E-state index in [9.17, 15) is 13.7 Å². The molecule has 0 N–H and O–H groups in total. The third-order valence-corrected chi connectivity index (χ3v) is 5.54. The molecule has 1 fully saturated rings. The van der Waals surface area contributed by atoms with Crippen LogP contribution in [-0.4, -0.2) is 55.1 Å². The number of rotatable bonds is 3. The first-order valence-corrected chi connectivity index (χ1v) is 9.84. The van der Waals surface area contributed by atoms with Crippen molar-refractivity contribution in [2.75, 3.05) is 37.3 Å². The van der Waals surface area contributed by atoms with Gasteiger partial charge in [0.2, 0.25) is 15.8 Å². The van der Waals surface area contributed by atoms with Gasteiger partial charge in [-0.15, -0.1) is 0 Å². The largest absolute Gasteiger partial charge is 0.354 e. The number of nitrogens with zero attached hydrogens (tertiary/aromatic N) is 5. The minimum absolute atomic E-state index is 0.0768. The molecule has 9 heteroatoms. The smallest absolute Gasteiger partial charge is 0.234 e. The zero-order chi connectivity index (χ0) is 18.0. The zero-order valence-corrected chi connectivity index (χ0v) is 15.1. The van der Waals surface area contributed by atoms with Gasteiger partial charge in [0.05, 0.1) is 11.9 Å². The highest BCUT2D eigenvalue weighted by atomic mass is 35.5. The van der Waals surface area contributed by atoms with Crippen LogP contribution in [0.25, 0.3) is 11.3 Å². The SMILES string of the molecule is CS(=O)(=O)N1CCN(c2cc(-c3ccc(Cl)cc3)nc(C#N)n2)CC1. The monoisotopic (exact) mass is 377 g/mol. The summed E-state index contributed by atoms with van der Waals surface area (Å²) in [7, 11) is -3.19. The Bertz CT molecular complexity index is 917. The van der Waals surface area contributed by atoms with Crippen LogP contribution in [0.5, 0.6) is 0 Å². The predicted octanol–water partition coefficient (Wildman–Crippen LogP) is 1.75. The zero-order valence-electron chi connectivity index (χ0n) is 13.6. The van der Waals surface area contributed by atoms with Crippen LogP contribution in [0.4, 0.5) is 5.82 Å². The highest BCUT2D eigenvalue weighted by Crippen LogP contribution is 2.24. The Kier molecular flexibility index (Phi) is 4.90. The van der Waals surface area contributed by atoms with Crippen LogP contribution in [0.3, 0.4) is 0 Å². The summed E-state index contributed by atoms with van der Waals surface area (Å²) in [6.45, 7) is 1.80. The molecule has 1 aliphatic heterocycles. The Morgan fingerprint density at radius 2 is 1.76 bits per heavy atom. The Balaban J connectivity index is 1.89. The van der Waals surface area contributed by atoms with Crippen LogP contribution < -0.4 is 4.90 Å². The summed E-state index contributed by atoms with van der Waals surface area (Å²) < 4.78 is 24.7. The van der Waals surface area contributed by atoms with Crippen molar-refractivity contribution in [3.8, 4) is 17.3 Å². The topological polar surface area (TPSA) is 90.2 Å². The highest BCUT2D eigenvalue weighted by molar-refractivity contribution is 7.88. The molecule has 25 heavy (non-hydrogen) atoms. The molecular formula is C16H16ClN5O2S. The minimum atomic E-state index is -3.19. The molecule has 130 valence electrons. The first-order valence-electron chi connectivity index (χ1n) is 7.62. The average molecular weight is 378 g/mol. The lowest BCUT2D eigenvalue weighted by Gasteiger charge is -2.34. The second-order valence-electron chi connectivity index (χ2n) is 5.70. The molecule has 2 heterocycles. The van der Waals surface area contributed by atoms with Gasteiger partial charge in [0, 0.05) is 42.8 Å². The fourth-order valence-electron chi connectivity index (χ4n) is 2.66. The summed E-state index contributed by atoms with van der Waals surface area (Å²) in [5.41, 5.74) is 1.46. The molecule has 3 rings (SSSR count). The van der Waals surface area contributed by atoms with E-state index in [4.69, 9.17) is 11.6 Å². The number of hydrogen-bond acceptors (Lipinski definition) is 6. The molecule has 0 amide bonds. The van der Waals surface area contributed by atoms with Crippen molar-refractivity contribution < 1.29 is 8.42 Å². The van der Waals surface area contributed by atoms with E-state index < -0.39 is 10.0 Å². The van der Waals surface area contributed by atoms with Crippen molar-refractivity contribution >= 4 is 27.4 Å². The quantitative estimate of drug-likeness (QED) is 0.809. The summed E-state index contributed by atoms with van der Waals surface area (Å²) in [6.07, 6.45) is 1.21. The predicted molar refractivity (Wildman–Crippen MR) is 95.8 cm³/mol. The van der Waals surface area contributed by atoms with Gasteiger partial charge in [0.1, 0.15) is 11.9 Å². The molecular weight excluding hydrogens is 362 g/mol. The van der Waals surface area contributed by atoms with E-state index in [1.54, 1.807) is 18.2 Å². The molecule has 2 aromatic rings. The van der Waals surface area contributed by atoms with Gasteiger partial charge in [-0.2, -0.15) is 9.57 Å². The van der Waals surface area contributed by atoms with Crippen LogP contribution in [0.1, 0.15) is 5.82 Å². The van der Waals surface area contributed by atoms with Gasteiger partial charge in [0.25, 0.3) is 0 Å². The summed E-state index contributed by atoms with van der Waals surface area (Å²) >= 11 is 5.91. The van der Waals surface area contributed by atoms with Crippen LogP contribution in [0.2, 0.25) is 5.02 Å². The van der Waals surface area contributed by atoms with Crippen LogP contribution >= 0.6 is 11.6 Å². The Labute approximate surface area is 151 Å². The number of anilines is 1. The first-order chi connectivity index (χ1) is 11.9. The normalized spacial score (nSPS) is 15.8. The van der Waals surface area contributed by atoms with Crippen molar-refractivity contribution in [1.82, 2.24) is 14.3 Å². The maximum atomic E-state index is 11.6. The molecule has 0 atom stereocenters. The third-order valence-electron chi connectivity index (χ3n) is 3.98. The van der Waals surface area contributed by atoms with Crippen LogP contribution in [0.15, 0.2) is 30.3 Å². The standard InChI is InChI=1S/C16H16ClN5O2S/c1-25(23,24)22-8-6-21(7-9-22)16-10-14(19-15(11-18)20-16)12-2-4-13(17)5-3-12/h2-5,10H,6-9H2,1H3. The van der Waals surface area contributed by atoms with Gasteiger partial charge < -0.3 is 4.90 Å². The van der Waals surface area contributed by atoms with E-state index in [0.29, 0.717) is 42.7 Å². The third kappa shape index (κ3) is 4.07. The van der Waals surface area contributed by atoms with E-state index in [1.807, 2.05) is 23.1 Å². The summed E-state index contributed by atoms with van der Waals surface area (Å²) in [5, 5.41) is 9.84. The van der Waals surface area contributed by atoms with Gasteiger partial charge in [-0.1, -0.05) is 23.7 Å². The maximum absolute atomic E-state index is 11.6. The van der Waals surface area contributed by atoms with Crippen molar-refractivity contribution in [2.45, 2.75) is 0 Å².